The summed E-state index contributed by atoms with van der Waals surface area (Å²) in [5.74, 6) is 0.599. The first-order chi connectivity index (χ1) is 16.3. The second-order valence-electron chi connectivity index (χ2n) is 7.18. The highest BCUT2D eigenvalue weighted by Crippen LogP contribution is 2.32. The third kappa shape index (κ3) is 4.94. The second kappa shape index (κ2) is 9.64. The number of alkyl halides is 3. The molecule has 0 aliphatic rings. The van der Waals surface area contributed by atoms with Crippen molar-refractivity contribution in [3.63, 3.8) is 0 Å². The molecule has 5 nitrogen and oxygen atoms in total. The van der Waals surface area contributed by atoms with Gasteiger partial charge in [0.05, 0.1) is 27.2 Å². The largest absolute Gasteiger partial charge is 0.488 e. The Balaban J connectivity index is 1.84. The Morgan fingerprint density at radius 1 is 1.09 bits per heavy atom. The molecule has 0 spiro atoms. The standard InChI is InChI=1S/C25H17BrF3N3O2/c1-2-12-34-22-11-10-16(13-20(22)26)15-30-32-23(17-6-5-7-18(14-17)25(27,28)29)31-21-9-4-3-8-19(21)24(32)33/h2-11,13-15H,1,12H2. The van der Waals surface area contributed by atoms with Crippen LogP contribution >= 0.6 is 15.9 Å². The molecule has 0 unspecified atom stereocenters. The molecule has 0 saturated heterocycles. The minimum absolute atomic E-state index is 0.00366. The molecule has 3 aromatic carbocycles. The molecular weight excluding hydrogens is 511 g/mol. The first-order valence-corrected chi connectivity index (χ1v) is 10.8. The minimum Gasteiger partial charge on any atom is -0.488 e. The summed E-state index contributed by atoms with van der Waals surface area (Å²) in [7, 11) is 0. The first-order valence-electron chi connectivity index (χ1n) is 10.0. The molecule has 1 aromatic heterocycles. The summed E-state index contributed by atoms with van der Waals surface area (Å²) < 4.78 is 47.1. The summed E-state index contributed by atoms with van der Waals surface area (Å²) in [4.78, 5) is 17.7. The highest BCUT2D eigenvalue weighted by atomic mass is 79.9. The lowest BCUT2D eigenvalue weighted by molar-refractivity contribution is -0.137. The number of fused-ring (bicyclic) bond motifs is 1. The van der Waals surface area contributed by atoms with Gasteiger partial charge in [-0.15, -0.1) is 0 Å². The minimum atomic E-state index is -4.54. The molecule has 0 radical (unpaired) electrons. The topological polar surface area (TPSA) is 56.5 Å². The quantitative estimate of drug-likeness (QED) is 0.218. The lowest BCUT2D eigenvalue weighted by atomic mass is 10.1. The molecule has 0 N–H and O–H groups in total. The summed E-state index contributed by atoms with van der Waals surface area (Å²) in [5.41, 5.74) is -0.240. The maximum Gasteiger partial charge on any atom is 0.416 e. The van der Waals surface area contributed by atoms with E-state index >= 15 is 0 Å². The molecule has 9 heteroatoms. The summed E-state index contributed by atoms with van der Waals surface area (Å²) >= 11 is 3.42. The van der Waals surface area contributed by atoms with Crippen LogP contribution in [0.4, 0.5) is 13.2 Å². The van der Waals surface area contributed by atoms with Gasteiger partial charge in [-0.2, -0.15) is 22.9 Å². The van der Waals surface area contributed by atoms with Crippen molar-refractivity contribution in [2.45, 2.75) is 6.18 Å². The van der Waals surface area contributed by atoms with Gasteiger partial charge in [0.2, 0.25) is 0 Å². The molecule has 0 saturated carbocycles. The Morgan fingerprint density at radius 3 is 2.62 bits per heavy atom. The molecule has 34 heavy (non-hydrogen) atoms. The van der Waals surface area contributed by atoms with E-state index in [1.54, 1.807) is 48.5 Å². The summed E-state index contributed by atoms with van der Waals surface area (Å²) in [6.45, 7) is 3.94. The Labute approximate surface area is 201 Å². The summed E-state index contributed by atoms with van der Waals surface area (Å²) in [6, 6.07) is 16.4. The van der Waals surface area contributed by atoms with E-state index in [1.165, 1.54) is 18.3 Å². The van der Waals surface area contributed by atoms with E-state index in [0.717, 1.165) is 16.8 Å². The highest BCUT2D eigenvalue weighted by molar-refractivity contribution is 9.10. The number of halogens is 4. The Morgan fingerprint density at radius 2 is 1.88 bits per heavy atom. The summed E-state index contributed by atoms with van der Waals surface area (Å²) in [5, 5.41) is 4.58. The zero-order valence-corrected chi connectivity index (χ0v) is 19.2. The number of rotatable bonds is 6. The van der Waals surface area contributed by atoms with Gasteiger partial charge in [-0.05, 0) is 64.0 Å². The number of aromatic nitrogens is 2. The number of ether oxygens (including phenoxy) is 1. The van der Waals surface area contributed by atoms with E-state index < -0.39 is 17.3 Å². The van der Waals surface area contributed by atoms with E-state index in [4.69, 9.17) is 4.74 Å². The third-order valence-corrected chi connectivity index (χ3v) is 5.46. The highest BCUT2D eigenvalue weighted by Gasteiger charge is 2.30. The van der Waals surface area contributed by atoms with E-state index in [-0.39, 0.29) is 11.4 Å². The van der Waals surface area contributed by atoms with Crippen molar-refractivity contribution in [1.82, 2.24) is 9.66 Å². The molecule has 0 atom stereocenters. The van der Waals surface area contributed by atoms with Gasteiger partial charge in [-0.25, -0.2) is 4.98 Å². The number of hydrogen-bond acceptors (Lipinski definition) is 4. The SMILES string of the molecule is C=CCOc1ccc(C=Nn2c(-c3cccc(C(F)(F)F)c3)nc3ccccc3c2=O)cc1Br. The average Bonchev–Trinajstić information content (AvgIpc) is 2.82. The molecule has 172 valence electrons. The first kappa shape index (κ1) is 23.4. The second-order valence-corrected chi connectivity index (χ2v) is 8.04. The van der Waals surface area contributed by atoms with Crippen LogP contribution in [0.15, 0.2) is 93.8 Å². The fourth-order valence-corrected chi connectivity index (χ4v) is 3.75. The fraction of sp³-hybridized carbons (Fsp3) is 0.0800. The molecule has 0 aliphatic carbocycles. The Kier molecular flexibility index (Phi) is 6.65. The van der Waals surface area contributed by atoms with Crippen LogP contribution in [0.25, 0.3) is 22.3 Å². The Hall–Kier alpha value is -3.72. The van der Waals surface area contributed by atoms with Crippen molar-refractivity contribution in [3.05, 3.63) is 105 Å². The van der Waals surface area contributed by atoms with Crippen LogP contribution in [-0.2, 0) is 6.18 Å². The van der Waals surface area contributed by atoms with Gasteiger partial charge >= 0.3 is 6.18 Å². The lowest BCUT2D eigenvalue weighted by Gasteiger charge is -2.12. The zero-order chi connectivity index (χ0) is 24.3. The number of para-hydroxylation sites is 1. The number of hydrogen-bond donors (Lipinski definition) is 0. The molecule has 0 bridgehead atoms. The maximum atomic E-state index is 13.3. The smallest absolute Gasteiger partial charge is 0.416 e. The van der Waals surface area contributed by atoms with E-state index in [0.29, 0.717) is 33.3 Å². The summed E-state index contributed by atoms with van der Waals surface area (Å²) in [6.07, 6.45) is -1.49. The van der Waals surface area contributed by atoms with Crippen LogP contribution in [0, 0.1) is 0 Å². The fourth-order valence-electron chi connectivity index (χ4n) is 3.24. The van der Waals surface area contributed by atoms with E-state index in [1.807, 2.05) is 0 Å². The van der Waals surface area contributed by atoms with Crippen LogP contribution in [0.2, 0.25) is 0 Å². The molecule has 4 aromatic rings. The average molecular weight is 528 g/mol. The molecule has 0 aliphatic heterocycles. The van der Waals surface area contributed by atoms with Crippen LogP contribution in [0.3, 0.4) is 0 Å². The monoisotopic (exact) mass is 527 g/mol. The molecule has 0 fully saturated rings. The predicted octanol–water partition coefficient (Wildman–Crippen LogP) is 6.29. The lowest BCUT2D eigenvalue weighted by Crippen LogP contribution is -2.20. The van der Waals surface area contributed by atoms with E-state index in [9.17, 15) is 18.0 Å². The Bertz CT molecular complexity index is 1460. The molecule has 4 rings (SSSR count). The normalized spacial score (nSPS) is 11.8. The number of benzene rings is 3. The van der Waals surface area contributed by atoms with Gasteiger partial charge in [0, 0.05) is 5.56 Å². The van der Waals surface area contributed by atoms with Crippen molar-refractivity contribution < 1.29 is 17.9 Å². The molecule has 1 heterocycles. The number of nitrogens with zero attached hydrogens (tertiary/aromatic N) is 3. The van der Waals surface area contributed by atoms with Gasteiger partial charge < -0.3 is 4.74 Å². The van der Waals surface area contributed by atoms with Crippen molar-refractivity contribution in [2.75, 3.05) is 6.61 Å². The van der Waals surface area contributed by atoms with Crippen LogP contribution in [0.1, 0.15) is 11.1 Å². The zero-order valence-electron chi connectivity index (χ0n) is 17.6. The van der Waals surface area contributed by atoms with Gasteiger partial charge in [0.1, 0.15) is 12.4 Å². The van der Waals surface area contributed by atoms with Gasteiger partial charge in [0.25, 0.3) is 5.56 Å². The van der Waals surface area contributed by atoms with Crippen LogP contribution in [-0.4, -0.2) is 22.5 Å². The van der Waals surface area contributed by atoms with Gasteiger partial charge in [-0.1, -0.05) is 36.9 Å². The third-order valence-electron chi connectivity index (χ3n) is 4.84. The van der Waals surface area contributed by atoms with Crippen LogP contribution < -0.4 is 10.3 Å². The molecular formula is C25H17BrF3N3O2. The predicted molar refractivity (Wildman–Crippen MR) is 129 cm³/mol. The van der Waals surface area contributed by atoms with Gasteiger partial charge in [0.15, 0.2) is 5.82 Å². The van der Waals surface area contributed by atoms with Crippen molar-refractivity contribution in [3.8, 4) is 17.1 Å². The van der Waals surface area contributed by atoms with Crippen LogP contribution in [0.5, 0.6) is 5.75 Å². The van der Waals surface area contributed by atoms with Crippen molar-refractivity contribution in [2.24, 2.45) is 5.10 Å². The van der Waals surface area contributed by atoms with Gasteiger partial charge in [-0.3, -0.25) is 4.79 Å². The molecule has 0 amide bonds. The maximum absolute atomic E-state index is 13.3. The van der Waals surface area contributed by atoms with Crippen molar-refractivity contribution >= 4 is 33.0 Å². The van der Waals surface area contributed by atoms with Crippen molar-refractivity contribution in [1.29, 1.82) is 0 Å². The van der Waals surface area contributed by atoms with E-state index in [2.05, 4.69) is 32.6 Å².